The van der Waals surface area contributed by atoms with E-state index in [2.05, 4.69) is 28.8 Å². The van der Waals surface area contributed by atoms with Crippen LogP contribution in [0.15, 0.2) is 23.1 Å². The lowest BCUT2D eigenvalue weighted by Crippen LogP contribution is -2.30. The molecule has 2 aliphatic heterocycles. The number of nitrogens with one attached hydrogen (secondary N) is 2. The first kappa shape index (κ1) is 11.4. The van der Waals surface area contributed by atoms with E-state index in [0.29, 0.717) is 0 Å². The van der Waals surface area contributed by atoms with Crippen LogP contribution in [0.25, 0.3) is 0 Å². The lowest BCUT2D eigenvalue weighted by Gasteiger charge is -2.24. The Bertz CT molecular complexity index is 386. The maximum atomic E-state index is 3.50. The van der Waals surface area contributed by atoms with E-state index in [1.54, 1.807) is 0 Å². The van der Waals surface area contributed by atoms with Crippen LogP contribution >= 0.6 is 11.8 Å². The maximum absolute atomic E-state index is 3.50. The summed E-state index contributed by atoms with van der Waals surface area (Å²) in [4.78, 5) is 1.44. The highest BCUT2D eigenvalue weighted by atomic mass is 32.2. The summed E-state index contributed by atoms with van der Waals surface area (Å²) >= 11 is 1.99. The summed E-state index contributed by atoms with van der Waals surface area (Å²) in [5.41, 5.74) is 2.83. The van der Waals surface area contributed by atoms with E-state index in [1.165, 1.54) is 54.3 Å². The van der Waals surface area contributed by atoms with Gasteiger partial charge in [0.1, 0.15) is 0 Å². The summed E-state index contributed by atoms with van der Waals surface area (Å²) in [5, 5.41) is 6.96. The molecular formula is C14H20N2S. The molecule has 2 aliphatic rings. The van der Waals surface area contributed by atoms with Crippen molar-refractivity contribution >= 4 is 17.4 Å². The predicted octanol–water partition coefficient (Wildman–Crippen LogP) is 2.75. The fourth-order valence-electron chi connectivity index (χ4n) is 2.74. The van der Waals surface area contributed by atoms with Crippen LogP contribution in [0.4, 0.5) is 5.69 Å². The number of hydrogen-bond donors (Lipinski definition) is 2. The molecule has 0 bridgehead atoms. The van der Waals surface area contributed by atoms with Gasteiger partial charge >= 0.3 is 0 Å². The first-order valence-electron chi connectivity index (χ1n) is 6.62. The zero-order valence-electron chi connectivity index (χ0n) is 10.2. The van der Waals surface area contributed by atoms with Crippen molar-refractivity contribution in [3.05, 3.63) is 23.8 Å². The molecule has 2 heterocycles. The number of hydrogen-bond acceptors (Lipinski definition) is 3. The molecule has 1 unspecified atom stereocenters. The minimum atomic E-state index is 0.836. The van der Waals surface area contributed by atoms with E-state index in [1.807, 2.05) is 11.8 Å². The molecule has 3 rings (SSSR count). The van der Waals surface area contributed by atoms with E-state index < -0.39 is 0 Å². The van der Waals surface area contributed by atoms with Gasteiger partial charge in [0.05, 0.1) is 0 Å². The van der Waals surface area contributed by atoms with Crippen molar-refractivity contribution in [3.63, 3.8) is 0 Å². The quantitative estimate of drug-likeness (QED) is 0.841. The van der Waals surface area contributed by atoms with Gasteiger partial charge in [0.15, 0.2) is 0 Å². The van der Waals surface area contributed by atoms with Crippen molar-refractivity contribution in [1.29, 1.82) is 0 Å². The highest BCUT2D eigenvalue weighted by Crippen LogP contribution is 2.32. The van der Waals surface area contributed by atoms with Gasteiger partial charge in [-0.3, -0.25) is 0 Å². The number of anilines is 1. The van der Waals surface area contributed by atoms with Crippen LogP contribution in [0.3, 0.4) is 0 Å². The van der Waals surface area contributed by atoms with E-state index >= 15 is 0 Å². The summed E-state index contributed by atoms with van der Waals surface area (Å²) in [6, 6.07) is 6.94. The Morgan fingerprint density at radius 3 is 3.18 bits per heavy atom. The average Bonchev–Trinajstić information content (AvgIpc) is 2.40. The van der Waals surface area contributed by atoms with Crippen LogP contribution in [-0.2, 0) is 6.42 Å². The lowest BCUT2D eigenvalue weighted by atomic mass is 9.92. The fraction of sp³-hybridized carbons (Fsp3) is 0.571. The molecule has 1 aromatic rings. The largest absolute Gasteiger partial charge is 0.383 e. The molecule has 17 heavy (non-hydrogen) atoms. The van der Waals surface area contributed by atoms with Crippen LogP contribution in [0.2, 0.25) is 0 Å². The van der Waals surface area contributed by atoms with Crippen molar-refractivity contribution in [2.24, 2.45) is 5.92 Å². The Morgan fingerprint density at radius 2 is 2.29 bits per heavy atom. The van der Waals surface area contributed by atoms with Crippen LogP contribution in [0, 0.1) is 5.92 Å². The third-order valence-electron chi connectivity index (χ3n) is 3.64. The Labute approximate surface area is 108 Å². The van der Waals surface area contributed by atoms with Crippen LogP contribution < -0.4 is 10.6 Å². The van der Waals surface area contributed by atoms with Gasteiger partial charge in [0, 0.05) is 22.9 Å². The first-order valence-corrected chi connectivity index (χ1v) is 7.61. The summed E-state index contributed by atoms with van der Waals surface area (Å²) in [7, 11) is 0. The van der Waals surface area contributed by atoms with Gasteiger partial charge in [-0.05, 0) is 56.0 Å². The molecule has 0 spiro atoms. The molecular weight excluding hydrogens is 228 g/mol. The first-order chi connectivity index (χ1) is 8.42. The topological polar surface area (TPSA) is 24.1 Å². The Kier molecular flexibility index (Phi) is 3.57. The van der Waals surface area contributed by atoms with Gasteiger partial charge in [-0.25, -0.2) is 0 Å². The third-order valence-corrected chi connectivity index (χ3v) is 4.70. The highest BCUT2D eigenvalue weighted by molar-refractivity contribution is 7.99. The molecule has 0 aliphatic carbocycles. The molecule has 0 radical (unpaired) electrons. The molecule has 1 fully saturated rings. The average molecular weight is 248 g/mol. The van der Waals surface area contributed by atoms with E-state index in [4.69, 9.17) is 0 Å². The second kappa shape index (κ2) is 5.32. The number of fused-ring (bicyclic) bond motifs is 1. The fourth-order valence-corrected chi connectivity index (χ4v) is 3.69. The van der Waals surface area contributed by atoms with Crippen LogP contribution in [0.5, 0.6) is 0 Å². The molecule has 0 saturated carbocycles. The third kappa shape index (κ3) is 2.78. The molecule has 1 saturated heterocycles. The van der Waals surface area contributed by atoms with Gasteiger partial charge in [-0.1, -0.05) is 6.07 Å². The molecule has 1 atom stereocenters. The molecule has 0 aromatic heterocycles. The van der Waals surface area contributed by atoms with Gasteiger partial charge in [-0.2, -0.15) is 0 Å². The van der Waals surface area contributed by atoms with Crippen molar-refractivity contribution in [2.45, 2.75) is 24.2 Å². The molecule has 92 valence electrons. The molecule has 1 aromatic carbocycles. The highest BCUT2D eigenvalue weighted by Gasteiger charge is 2.15. The smallest absolute Gasteiger partial charge is 0.0478 e. The van der Waals surface area contributed by atoms with Crippen molar-refractivity contribution in [1.82, 2.24) is 5.32 Å². The van der Waals surface area contributed by atoms with Crippen LogP contribution in [-0.4, -0.2) is 25.4 Å². The van der Waals surface area contributed by atoms with Crippen molar-refractivity contribution < 1.29 is 0 Å². The Morgan fingerprint density at radius 1 is 1.29 bits per heavy atom. The molecule has 2 N–H and O–H groups in total. The normalized spacial score (nSPS) is 23.9. The summed E-state index contributed by atoms with van der Waals surface area (Å²) in [6.07, 6.45) is 3.96. The second-order valence-corrected chi connectivity index (χ2v) is 6.16. The zero-order chi connectivity index (χ0) is 11.5. The van der Waals surface area contributed by atoms with Crippen molar-refractivity contribution in [2.75, 3.05) is 30.7 Å². The van der Waals surface area contributed by atoms with Gasteiger partial charge in [0.25, 0.3) is 0 Å². The minimum Gasteiger partial charge on any atom is -0.383 e. The SMILES string of the molecule is c1cc2c(cc1CC1CCCNC1)SCCN2. The Hall–Kier alpha value is -0.670. The van der Waals surface area contributed by atoms with Crippen molar-refractivity contribution in [3.8, 4) is 0 Å². The van der Waals surface area contributed by atoms with Gasteiger partial charge in [0.2, 0.25) is 0 Å². The lowest BCUT2D eigenvalue weighted by molar-refractivity contribution is 0.376. The second-order valence-electron chi connectivity index (χ2n) is 5.02. The zero-order valence-corrected chi connectivity index (χ0v) is 11.0. The summed E-state index contributed by atoms with van der Waals surface area (Å²) in [5.74, 6) is 2.03. The predicted molar refractivity (Wildman–Crippen MR) is 75.0 cm³/mol. The van der Waals surface area contributed by atoms with E-state index in [-0.39, 0.29) is 0 Å². The Balaban J connectivity index is 1.70. The minimum absolute atomic E-state index is 0.836. The van der Waals surface area contributed by atoms with E-state index in [9.17, 15) is 0 Å². The monoisotopic (exact) mass is 248 g/mol. The summed E-state index contributed by atoms with van der Waals surface area (Å²) in [6.45, 7) is 3.51. The molecule has 2 nitrogen and oxygen atoms in total. The van der Waals surface area contributed by atoms with Gasteiger partial charge in [-0.15, -0.1) is 11.8 Å². The van der Waals surface area contributed by atoms with E-state index in [0.717, 1.165) is 12.5 Å². The number of benzene rings is 1. The summed E-state index contributed by atoms with van der Waals surface area (Å²) < 4.78 is 0. The van der Waals surface area contributed by atoms with Crippen LogP contribution in [0.1, 0.15) is 18.4 Å². The molecule has 0 amide bonds. The van der Waals surface area contributed by atoms with Gasteiger partial charge < -0.3 is 10.6 Å². The number of thioether (sulfide) groups is 1. The maximum Gasteiger partial charge on any atom is 0.0478 e. The molecule has 3 heteroatoms. The number of piperidine rings is 1. The number of rotatable bonds is 2. The standard InChI is InChI=1S/C14H20N2S/c1-2-12(10-15-5-1)8-11-3-4-13-14(9-11)17-7-6-16-13/h3-4,9,12,15-16H,1-2,5-8,10H2.